The molecule has 0 aromatic carbocycles. The van der Waals surface area contributed by atoms with Gasteiger partial charge in [0.25, 0.3) is 0 Å². The minimum absolute atomic E-state index is 0.0407. The lowest BCUT2D eigenvalue weighted by molar-refractivity contribution is -0.115. The zero-order valence-corrected chi connectivity index (χ0v) is 8.16. The lowest BCUT2D eigenvalue weighted by Gasteiger charge is -2.28. The number of hydrogen-bond donors (Lipinski definition) is 1. The number of hydrogen-bond acceptors (Lipinski definition) is 3. The Hall–Kier alpha value is -1.58. The summed E-state index contributed by atoms with van der Waals surface area (Å²) in [6, 6.07) is 3.70. The van der Waals surface area contributed by atoms with Gasteiger partial charge in [0.15, 0.2) is 5.82 Å². The summed E-state index contributed by atoms with van der Waals surface area (Å²) in [7, 11) is 0. The Labute approximate surface area is 82.9 Å². The molecule has 0 unspecified atom stereocenters. The highest BCUT2D eigenvalue weighted by atomic mass is 16.2. The first-order valence-electron chi connectivity index (χ1n) is 4.81. The first-order chi connectivity index (χ1) is 6.81. The summed E-state index contributed by atoms with van der Waals surface area (Å²) in [4.78, 5) is 17.6. The number of carbonyl (C=O) groups is 1. The van der Waals surface area contributed by atoms with Gasteiger partial charge in [-0.1, -0.05) is 6.92 Å². The molecule has 4 heteroatoms. The zero-order chi connectivity index (χ0) is 9.97. The quantitative estimate of drug-likeness (QED) is 0.765. The van der Waals surface area contributed by atoms with Gasteiger partial charge in [0.2, 0.25) is 5.91 Å². The lowest BCUT2D eigenvalue weighted by atomic mass is 10.2. The van der Waals surface area contributed by atoms with Crippen LogP contribution in [0.2, 0.25) is 0 Å². The molecule has 2 heterocycles. The Morgan fingerprint density at radius 2 is 2.50 bits per heavy atom. The van der Waals surface area contributed by atoms with Crippen molar-refractivity contribution < 1.29 is 4.79 Å². The van der Waals surface area contributed by atoms with E-state index >= 15 is 0 Å². The Morgan fingerprint density at radius 1 is 1.64 bits per heavy atom. The summed E-state index contributed by atoms with van der Waals surface area (Å²) in [5, 5.41) is 2.81. The van der Waals surface area contributed by atoms with Gasteiger partial charge in [-0.3, -0.25) is 4.79 Å². The van der Waals surface area contributed by atoms with Crippen LogP contribution in [-0.4, -0.2) is 24.0 Å². The van der Waals surface area contributed by atoms with Gasteiger partial charge >= 0.3 is 0 Å². The van der Waals surface area contributed by atoms with Gasteiger partial charge in [0.05, 0.1) is 12.2 Å². The number of pyridine rings is 1. The highest BCUT2D eigenvalue weighted by molar-refractivity contribution is 6.00. The summed E-state index contributed by atoms with van der Waals surface area (Å²) in [5.74, 6) is 0.924. The van der Waals surface area contributed by atoms with E-state index in [9.17, 15) is 4.79 Å². The number of amides is 1. The average molecular weight is 191 g/mol. The Bertz CT molecular complexity index is 351. The standard InChI is InChI=1S/C10H13N3O/c1-2-6-13-7-9(14)12-8-4-3-5-11-10(8)13/h3-5H,2,6-7H2,1H3,(H,12,14). The third-order valence-electron chi connectivity index (χ3n) is 2.19. The molecule has 1 N–H and O–H groups in total. The van der Waals surface area contributed by atoms with Crippen LogP contribution in [-0.2, 0) is 4.79 Å². The normalized spacial score (nSPS) is 14.9. The van der Waals surface area contributed by atoms with Gasteiger partial charge in [-0.05, 0) is 18.6 Å². The van der Waals surface area contributed by atoms with Crippen LogP contribution in [0.3, 0.4) is 0 Å². The van der Waals surface area contributed by atoms with Crippen molar-refractivity contribution in [3.05, 3.63) is 18.3 Å². The van der Waals surface area contributed by atoms with Crippen LogP contribution >= 0.6 is 0 Å². The fourth-order valence-electron chi connectivity index (χ4n) is 1.64. The third kappa shape index (κ3) is 1.55. The average Bonchev–Trinajstić information content (AvgIpc) is 2.18. The van der Waals surface area contributed by atoms with Crippen LogP contribution in [0.5, 0.6) is 0 Å². The maximum absolute atomic E-state index is 11.3. The number of anilines is 2. The molecule has 0 atom stereocenters. The number of fused-ring (bicyclic) bond motifs is 1. The zero-order valence-electron chi connectivity index (χ0n) is 8.16. The minimum Gasteiger partial charge on any atom is -0.346 e. The molecule has 14 heavy (non-hydrogen) atoms. The van der Waals surface area contributed by atoms with Gasteiger partial charge < -0.3 is 10.2 Å². The number of aromatic nitrogens is 1. The van der Waals surface area contributed by atoms with Gasteiger partial charge in [0.1, 0.15) is 0 Å². The maximum Gasteiger partial charge on any atom is 0.244 e. The monoisotopic (exact) mass is 191 g/mol. The molecule has 1 aliphatic rings. The van der Waals surface area contributed by atoms with E-state index in [1.54, 1.807) is 6.20 Å². The van der Waals surface area contributed by atoms with Crippen molar-refractivity contribution in [1.29, 1.82) is 0 Å². The topological polar surface area (TPSA) is 45.2 Å². The predicted octanol–water partition coefficient (Wildman–Crippen LogP) is 1.25. The molecule has 0 saturated heterocycles. The molecule has 1 aliphatic heterocycles. The van der Waals surface area contributed by atoms with Crippen LogP contribution in [0.1, 0.15) is 13.3 Å². The largest absolute Gasteiger partial charge is 0.346 e. The van der Waals surface area contributed by atoms with Crippen molar-refractivity contribution in [1.82, 2.24) is 4.98 Å². The summed E-state index contributed by atoms with van der Waals surface area (Å²) < 4.78 is 0. The number of nitrogens with one attached hydrogen (secondary N) is 1. The van der Waals surface area contributed by atoms with Crippen LogP contribution < -0.4 is 10.2 Å². The molecule has 1 aromatic rings. The number of rotatable bonds is 2. The fourth-order valence-corrected chi connectivity index (χ4v) is 1.64. The molecule has 0 aliphatic carbocycles. The Balaban J connectivity index is 2.33. The second-order valence-electron chi connectivity index (χ2n) is 3.34. The number of carbonyl (C=O) groups excluding carboxylic acids is 1. The molecule has 2 rings (SSSR count). The molecule has 1 amide bonds. The van der Waals surface area contributed by atoms with E-state index < -0.39 is 0 Å². The molecule has 4 nitrogen and oxygen atoms in total. The molecule has 0 spiro atoms. The summed E-state index contributed by atoms with van der Waals surface area (Å²) in [6.07, 6.45) is 2.77. The van der Waals surface area contributed by atoms with Crippen molar-refractivity contribution in [2.75, 3.05) is 23.3 Å². The second-order valence-corrected chi connectivity index (χ2v) is 3.34. The van der Waals surface area contributed by atoms with Crippen molar-refractivity contribution in [3.63, 3.8) is 0 Å². The van der Waals surface area contributed by atoms with E-state index in [0.717, 1.165) is 24.5 Å². The molecule has 0 fully saturated rings. The number of nitrogens with zero attached hydrogens (tertiary/aromatic N) is 2. The van der Waals surface area contributed by atoms with Crippen LogP contribution in [0, 0.1) is 0 Å². The molecule has 0 radical (unpaired) electrons. The molecule has 74 valence electrons. The van der Waals surface area contributed by atoms with E-state index in [0.29, 0.717) is 6.54 Å². The van der Waals surface area contributed by atoms with E-state index in [1.807, 2.05) is 17.0 Å². The minimum atomic E-state index is 0.0407. The summed E-state index contributed by atoms with van der Waals surface area (Å²) in [5.41, 5.74) is 0.817. The van der Waals surface area contributed by atoms with E-state index in [4.69, 9.17) is 0 Å². The van der Waals surface area contributed by atoms with Crippen molar-refractivity contribution in [2.24, 2.45) is 0 Å². The Morgan fingerprint density at radius 3 is 3.29 bits per heavy atom. The van der Waals surface area contributed by atoms with Gasteiger partial charge in [-0.25, -0.2) is 4.98 Å². The first kappa shape index (κ1) is 8.99. The highest BCUT2D eigenvalue weighted by Gasteiger charge is 2.21. The smallest absolute Gasteiger partial charge is 0.244 e. The Kier molecular flexibility index (Phi) is 2.35. The van der Waals surface area contributed by atoms with Crippen LogP contribution in [0.25, 0.3) is 0 Å². The second kappa shape index (κ2) is 3.65. The highest BCUT2D eigenvalue weighted by Crippen LogP contribution is 2.25. The third-order valence-corrected chi connectivity index (χ3v) is 2.19. The first-order valence-corrected chi connectivity index (χ1v) is 4.81. The molecule has 0 saturated carbocycles. The molecule has 1 aromatic heterocycles. The van der Waals surface area contributed by atoms with Gasteiger partial charge in [0, 0.05) is 12.7 Å². The van der Waals surface area contributed by atoms with E-state index in [-0.39, 0.29) is 5.91 Å². The van der Waals surface area contributed by atoms with Crippen LogP contribution in [0.4, 0.5) is 11.5 Å². The van der Waals surface area contributed by atoms with Crippen molar-refractivity contribution in [2.45, 2.75) is 13.3 Å². The summed E-state index contributed by atoms with van der Waals surface area (Å²) in [6.45, 7) is 3.38. The lowest BCUT2D eigenvalue weighted by Crippen LogP contribution is -2.39. The van der Waals surface area contributed by atoms with E-state index in [1.165, 1.54) is 0 Å². The maximum atomic E-state index is 11.3. The fraction of sp³-hybridized carbons (Fsp3) is 0.400. The summed E-state index contributed by atoms with van der Waals surface area (Å²) >= 11 is 0. The SMILES string of the molecule is CCCN1CC(=O)Nc2cccnc21. The van der Waals surface area contributed by atoms with Crippen molar-refractivity contribution in [3.8, 4) is 0 Å². The molecule has 0 bridgehead atoms. The molecular formula is C10H13N3O. The van der Waals surface area contributed by atoms with Crippen LogP contribution in [0.15, 0.2) is 18.3 Å². The van der Waals surface area contributed by atoms with Gasteiger partial charge in [-0.15, -0.1) is 0 Å². The molecular weight excluding hydrogens is 178 g/mol. The van der Waals surface area contributed by atoms with Gasteiger partial charge in [-0.2, -0.15) is 0 Å². The van der Waals surface area contributed by atoms with E-state index in [2.05, 4.69) is 17.2 Å². The predicted molar refractivity (Wildman–Crippen MR) is 55.4 cm³/mol. The van der Waals surface area contributed by atoms with Crippen molar-refractivity contribution >= 4 is 17.4 Å².